The Kier molecular flexibility index (Phi) is 5.46. The third-order valence-corrected chi connectivity index (χ3v) is 5.19. The molecule has 148 valence electrons. The maximum Gasteiger partial charge on any atom is 0.225 e. The minimum absolute atomic E-state index is 0.196. The van der Waals surface area contributed by atoms with E-state index in [2.05, 4.69) is 19.9 Å². The molecule has 3 aromatic rings. The molecule has 0 amide bonds. The molecule has 1 atom stereocenters. The van der Waals surface area contributed by atoms with Crippen LogP contribution in [0.4, 0.5) is 10.2 Å². The highest BCUT2D eigenvalue weighted by molar-refractivity contribution is 5.78. The number of halogens is 1. The van der Waals surface area contributed by atoms with Crippen LogP contribution in [0.2, 0.25) is 0 Å². The second kappa shape index (κ2) is 8.34. The van der Waals surface area contributed by atoms with Gasteiger partial charge >= 0.3 is 0 Å². The fourth-order valence-electron chi connectivity index (χ4n) is 3.66. The van der Waals surface area contributed by atoms with Crippen LogP contribution in [0.3, 0.4) is 0 Å². The summed E-state index contributed by atoms with van der Waals surface area (Å²) in [5.41, 5.74) is 2.49. The normalized spacial score (nSPS) is 16.1. The molecule has 1 saturated heterocycles. The number of ether oxygens (including phenoxy) is 1. The lowest BCUT2D eigenvalue weighted by Gasteiger charge is -2.18. The van der Waals surface area contributed by atoms with E-state index in [-0.39, 0.29) is 11.7 Å². The molecule has 1 aliphatic rings. The van der Waals surface area contributed by atoms with Gasteiger partial charge in [-0.15, -0.1) is 0 Å². The van der Waals surface area contributed by atoms with E-state index in [4.69, 9.17) is 4.74 Å². The summed E-state index contributed by atoms with van der Waals surface area (Å²) in [7, 11) is 0. The Morgan fingerprint density at radius 3 is 2.90 bits per heavy atom. The van der Waals surface area contributed by atoms with Gasteiger partial charge in [-0.2, -0.15) is 0 Å². The molecule has 1 unspecified atom stereocenters. The van der Waals surface area contributed by atoms with Gasteiger partial charge in [-0.3, -0.25) is 4.79 Å². The second-order valence-corrected chi connectivity index (χ2v) is 6.98. The molecule has 0 saturated carbocycles. The van der Waals surface area contributed by atoms with Gasteiger partial charge in [0.2, 0.25) is 5.88 Å². The number of aldehydes is 1. The molecular formula is C22H21FN4O2. The molecule has 0 bridgehead atoms. The van der Waals surface area contributed by atoms with Gasteiger partial charge in [0.15, 0.2) is 0 Å². The Hall–Kier alpha value is -3.35. The zero-order chi connectivity index (χ0) is 20.2. The number of carbonyl (C=O) groups excluding carboxylic acids is 1. The van der Waals surface area contributed by atoms with Crippen molar-refractivity contribution in [1.82, 2.24) is 15.0 Å². The molecule has 2 aromatic heterocycles. The number of rotatable bonds is 6. The summed E-state index contributed by atoms with van der Waals surface area (Å²) in [4.78, 5) is 26.2. The lowest BCUT2D eigenvalue weighted by Crippen LogP contribution is -2.20. The quantitative estimate of drug-likeness (QED) is 0.587. The van der Waals surface area contributed by atoms with Crippen molar-refractivity contribution in [2.75, 3.05) is 18.0 Å². The summed E-state index contributed by atoms with van der Waals surface area (Å²) in [6, 6.07) is 8.65. The summed E-state index contributed by atoms with van der Waals surface area (Å²) >= 11 is 0. The maximum atomic E-state index is 13.1. The Balaban J connectivity index is 1.53. The minimum atomic E-state index is -0.349. The van der Waals surface area contributed by atoms with Gasteiger partial charge in [0.25, 0.3) is 0 Å². The number of pyridine rings is 1. The molecule has 1 fully saturated rings. The first-order chi connectivity index (χ1) is 14.2. The van der Waals surface area contributed by atoms with Crippen molar-refractivity contribution in [2.45, 2.75) is 25.7 Å². The Bertz CT molecular complexity index is 1010. The van der Waals surface area contributed by atoms with Gasteiger partial charge in [-0.1, -0.05) is 13.0 Å². The van der Waals surface area contributed by atoms with Crippen LogP contribution in [-0.4, -0.2) is 34.3 Å². The van der Waals surface area contributed by atoms with Crippen LogP contribution in [-0.2, 0) is 6.42 Å². The molecule has 7 heteroatoms. The van der Waals surface area contributed by atoms with Crippen LogP contribution in [0.5, 0.6) is 11.6 Å². The SMILES string of the molecule is CCc1cncnc1Oc1ccc(C2CCN(c3ccc(F)cn3)C2)c(C=O)c1. The highest BCUT2D eigenvalue weighted by Crippen LogP contribution is 2.34. The Morgan fingerprint density at radius 2 is 2.14 bits per heavy atom. The average Bonchev–Trinajstić information content (AvgIpc) is 3.24. The molecule has 0 N–H and O–H groups in total. The summed E-state index contributed by atoms with van der Waals surface area (Å²) in [6.07, 6.45) is 6.91. The third-order valence-electron chi connectivity index (χ3n) is 5.19. The van der Waals surface area contributed by atoms with Gasteiger partial charge < -0.3 is 9.64 Å². The van der Waals surface area contributed by atoms with Crippen molar-refractivity contribution in [1.29, 1.82) is 0 Å². The average molecular weight is 392 g/mol. The molecule has 4 rings (SSSR count). The molecule has 1 aliphatic heterocycles. The van der Waals surface area contributed by atoms with E-state index in [1.54, 1.807) is 18.3 Å². The molecule has 29 heavy (non-hydrogen) atoms. The number of aromatic nitrogens is 3. The zero-order valence-corrected chi connectivity index (χ0v) is 16.1. The van der Waals surface area contributed by atoms with Gasteiger partial charge in [0, 0.05) is 36.3 Å². The molecule has 1 aromatic carbocycles. The highest BCUT2D eigenvalue weighted by atomic mass is 19.1. The van der Waals surface area contributed by atoms with Crippen LogP contribution < -0.4 is 9.64 Å². The van der Waals surface area contributed by atoms with Gasteiger partial charge in [0.05, 0.1) is 6.20 Å². The van der Waals surface area contributed by atoms with E-state index in [0.717, 1.165) is 49.2 Å². The first-order valence-corrected chi connectivity index (χ1v) is 9.60. The Morgan fingerprint density at radius 1 is 1.24 bits per heavy atom. The van der Waals surface area contributed by atoms with Gasteiger partial charge in [-0.25, -0.2) is 19.3 Å². The standard InChI is InChI=1S/C22H21FN4O2/c1-2-15-10-24-14-26-22(15)29-19-4-5-20(17(9-19)13-28)16-7-8-27(12-16)21-6-3-18(23)11-25-21/h3-6,9-11,13-14,16H,2,7-8,12H2,1H3. The first kappa shape index (κ1) is 19.0. The molecule has 3 heterocycles. The highest BCUT2D eigenvalue weighted by Gasteiger charge is 2.26. The van der Waals surface area contributed by atoms with Crippen molar-refractivity contribution >= 4 is 12.1 Å². The topological polar surface area (TPSA) is 68.2 Å². The molecular weight excluding hydrogens is 371 g/mol. The number of hydrogen-bond donors (Lipinski definition) is 0. The number of aryl methyl sites for hydroxylation is 1. The van der Waals surface area contributed by atoms with E-state index < -0.39 is 0 Å². The van der Waals surface area contributed by atoms with Crippen molar-refractivity contribution < 1.29 is 13.9 Å². The van der Waals surface area contributed by atoms with Crippen molar-refractivity contribution in [3.05, 3.63) is 71.6 Å². The number of anilines is 1. The van der Waals surface area contributed by atoms with Crippen LogP contribution in [0, 0.1) is 5.82 Å². The van der Waals surface area contributed by atoms with Crippen molar-refractivity contribution in [2.24, 2.45) is 0 Å². The predicted molar refractivity (Wildman–Crippen MR) is 107 cm³/mol. The predicted octanol–water partition coefficient (Wildman–Crippen LogP) is 4.17. The monoisotopic (exact) mass is 392 g/mol. The molecule has 0 aliphatic carbocycles. The summed E-state index contributed by atoms with van der Waals surface area (Å²) < 4.78 is 19.0. The maximum absolute atomic E-state index is 13.1. The fourth-order valence-corrected chi connectivity index (χ4v) is 3.66. The molecule has 0 spiro atoms. The number of hydrogen-bond acceptors (Lipinski definition) is 6. The minimum Gasteiger partial charge on any atom is -0.439 e. The third kappa shape index (κ3) is 4.08. The number of carbonyl (C=O) groups is 1. The Labute approximate surface area is 168 Å². The fraction of sp³-hybridized carbons (Fsp3) is 0.273. The smallest absolute Gasteiger partial charge is 0.225 e. The van der Waals surface area contributed by atoms with Gasteiger partial charge in [0.1, 0.15) is 30.0 Å². The number of nitrogens with zero attached hydrogens (tertiary/aromatic N) is 4. The van der Waals surface area contributed by atoms with Crippen LogP contribution in [0.15, 0.2) is 49.1 Å². The van der Waals surface area contributed by atoms with Crippen molar-refractivity contribution in [3.8, 4) is 11.6 Å². The molecule has 6 nitrogen and oxygen atoms in total. The lowest BCUT2D eigenvalue weighted by molar-refractivity contribution is 0.112. The molecule has 0 radical (unpaired) electrons. The summed E-state index contributed by atoms with van der Waals surface area (Å²) in [5, 5.41) is 0. The first-order valence-electron chi connectivity index (χ1n) is 9.60. The number of benzene rings is 1. The largest absolute Gasteiger partial charge is 0.439 e. The van der Waals surface area contributed by atoms with Crippen LogP contribution >= 0.6 is 0 Å². The van der Waals surface area contributed by atoms with E-state index in [1.165, 1.54) is 18.6 Å². The van der Waals surface area contributed by atoms with Crippen molar-refractivity contribution in [3.63, 3.8) is 0 Å². The van der Waals surface area contributed by atoms with E-state index in [9.17, 15) is 9.18 Å². The zero-order valence-electron chi connectivity index (χ0n) is 16.1. The van der Waals surface area contributed by atoms with E-state index in [1.807, 2.05) is 19.1 Å². The summed E-state index contributed by atoms with van der Waals surface area (Å²) in [6.45, 7) is 3.54. The van der Waals surface area contributed by atoms with E-state index >= 15 is 0 Å². The lowest BCUT2D eigenvalue weighted by atomic mass is 9.94. The van der Waals surface area contributed by atoms with Crippen LogP contribution in [0.25, 0.3) is 0 Å². The van der Waals surface area contributed by atoms with Gasteiger partial charge in [-0.05, 0) is 42.7 Å². The second-order valence-electron chi connectivity index (χ2n) is 6.98. The summed E-state index contributed by atoms with van der Waals surface area (Å²) in [5.74, 6) is 1.66. The van der Waals surface area contributed by atoms with Crippen LogP contribution in [0.1, 0.15) is 40.7 Å². The van der Waals surface area contributed by atoms with E-state index in [0.29, 0.717) is 17.2 Å².